The topological polar surface area (TPSA) is 79.3 Å². The molecule has 6 rings (SSSR count). The summed E-state index contributed by atoms with van der Waals surface area (Å²) in [6.45, 7) is 7.54. The summed E-state index contributed by atoms with van der Waals surface area (Å²) in [7, 11) is 0. The number of anilines is 2. The predicted molar refractivity (Wildman–Crippen MR) is 125 cm³/mol. The number of hydrogen-bond acceptors (Lipinski definition) is 8. The number of hydrogen-bond donors (Lipinski definition) is 1. The maximum absolute atomic E-state index is 5.46. The SMILES string of the molecule is c1cnc2c(N3CCC4(CCCNC4)C3)nc(-c3ccc(N4CCOCC4)nc3)cc2n1. The van der Waals surface area contributed by atoms with Gasteiger partial charge in [0.2, 0.25) is 0 Å². The van der Waals surface area contributed by atoms with Crippen molar-refractivity contribution in [3.05, 3.63) is 36.8 Å². The van der Waals surface area contributed by atoms with E-state index in [0.717, 1.165) is 86.4 Å². The summed E-state index contributed by atoms with van der Waals surface area (Å²) in [5.74, 6) is 1.94. The molecule has 1 N–H and O–H groups in total. The third-order valence-corrected chi connectivity index (χ3v) is 7.12. The molecular formula is C24H29N7O. The van der Waals surface area contributed by atoms with Gasteiger partial charge in [0.25, 0.3) is 0 Å². The van der Waals surface area contributed by atoms with Crippen LogP contribution in [0.1, 0.15) is 19.3 Å². The molecule has 3 aliphatic rings. The van der Waals surface area contributed by atoms with Gasteiger partial charge in [-0.3, -0.25) is 4.98 Å². The van der Waals surface area contributed by atoms with Gasteiger partial charge in [0, 0.05) is 62.3 Å². The van der Waals surface area contributed by atoms with Crippen LogP contribution in [0.2, 0.25) is 0 Å². The Balaban J connectivity index is 1.33. The van der Waals surface area contributed by atoms with Crippen LogP contribution in [0.3, 0.4) is 0 Å². The van der Waals surface area contributed by atoms with Crippen molar-refractivity contribution >= 4 is 22.7 Å². The van der Waals surface area contributed by atoms with Gasteiger partial charge in [-0.1, -0.05) is 0 Å². The normalized spacial score (nSPS) is 23.9. The molecule has 0 amide bonds. The molecule has 0 bridgehead atoms. The summed E-state index contributed by atoms with van der Waals surface area (Å²) in [6, 6.07) is 6.23. The second kappa shape index (κ2) is 8.26. The van der Waals surface area contributed by atoms with E-state index in [1.807, 2.05) is 12.3 Å². The molecular weight excluding hydrogens is 402 g/mol. The lowest BCUT2D eigenvalue weighted by atomic mass is 9.80. The van der Waals surface area contributed by atoms with Gasteiger partial charge < -0.3 is 19.9 Å². The van der Waals surface area contributed by atoms with Gasteiger partial charge in [0.15, 0.2) is 5.82 Å². The average Bonchev–Trinajstić information content (AvgIpc) is 3.27. The highest BCUT2D eigenvalue weighted by Gasteiger charge is 2.40. The molecule has 1 atom stereocenters. The second-order valence-corrected chi connectivity index (χ2v) is 9.21. The van der Waals surface area contributed by atoms with Crippen LogP contribution in [0, 0.1) is 5.41 Å². The van der Waals surface area contributed by atoms with Crippen molar-refractivity contribution in [2.24, 2.45) is 5.41 Å². The lowest BCUT2D eigenvalue weighted by Gasteiger charge is -2.34. The second-order valence-electron chi connectivity index (χ2n) is 9.21. The van der Waals surface area contributed by atoms with Gasteiger partial charge in [-0.25, -0.2) is 15.0 Å². The first kappa shape index (κ1) is 19.8. The number of ether oxygens (including phenoxy) is 1. The minimum atomic E-state index is 0.353. The standard InChI is InChI=1S/C24H29N7O/c1-4-24(16-25-6-1)5-9-31(17-24)23-22-20(26-7-8-27-22)14-19(29-23)18-2-3-21(28-15-18)30-10-12-32-13-11-30/h2-3,7-8,14-15,25H,1,4-6,9-13,16-17H2. The van der Waals surface area contributed by atoms with Gasteiger partial charge in [-0.05, 0) is 44.0 Å². The smallest absolute Gasteiger partial charge is 0.157 e. The minimum absolute atomic E-state index is 0.353. The Labute approximate surface area is 188 Å². The summed E-state index contributed by atoms with van der Waals surface area (Å²) in [5.41, 5.74) is 4.02. The third-order valence-electron chi connectivity index (χ3n) is 7.12. The molecule has 3 aromatic heterocycles. The molecule has 0 saturated carbocycles. The maximum atomic E-state index is 5.46. The zero-order valence-electron chi connectivity index (χ0n) is 18.3. The Morgan fingerprint density at radius 2 is 1.88 bits per heavy atom. The zero-order chi connectivity index (χ0) is 21.4. The molecule has 0 radical (unpaired) electrons. The van der Waals surface area contributed by atoms with E-state index in [-0.39, 0.29) is 0 Å². The predicted octanol–water partition coefficient (Wildman–Crippen LogP) is 2.50. The molecule has 32 heavy (non-hydrogen) atoms. The van der Waals surface area contributed by atoms with E-state index in [9.17, 15) is 0 Å². The highest BCUT2D eigenvalue weighted by atomic mass is 16.5. The Kier molecular flexibility index (Phi) is 5.11. The molecule has 6 heterocycles. The third kappa shape index (κ3) is 3.67. The van der Waals surface area contributed by atoms with Crippen LogP contribution in [-0.4, -0.2) is 72.4 Å². The van der Waals surface area contributed by atoms with E-state index in [0.29, 0.717) is 5.41 Å². The Morgan fingerprint density at radius 3 is 2.69 bits per heavy atom. The fraction of sp³-hybridized carbons (Fsp3) is 0.500. The molecule has 1 spiro atoms. The molecule has 0 aromatic carbocycles. The van der Waals surface area contributed by atoms with Crippen molar-refractivity contribution in [2.75, 3.05) is 62.3 Å². The van der Waals surface area contributed by atoms with Crippen molar-refractivity contribution < 1.29 is 4.74 Å². The average molecular weight is 432 g/mol. The van der Waals surface area contributed by atoms with Crippen molar-refractivity contribution in [1.82, 2.24) is 25.3 Å². The molecule has 8 heteroatoms. The van der Waals surface area contributed by atoms with Crippen molar-refractivity contribution in [2.45, 2.75) is 19.3 Å². The maximum Gasteiger partial charge on any atom is 0.157 e. The number of nitrogens with zero attached hydrogens (tertiary/aromatic N) is 6. The van der Waals surface area contributed by atoms with E-state index >= 15 is 0 Å². The first-order chi connectivity index (χ1) is 15.8. The Hall–Kier alpha value is -2.84. The van der Waals surface area contributed by atoms with E-state index in [2.05, 4.69) is 37.2 Å². The lowest BCUT2D eigenvalue weighted by molar-refractivity contribution is 0.122. The van der Waals surface area contributed by atoms with Crippen LogP contribution in [0.4, 0.5) is 11.6 Å². The highest BCUT2D eigenvalue weighted by Crippen LogP contribution is 2.40. The summed E-state index contributed by atoms with van der Waals surface area (Å²) in [5, 5.41) is 3.60. The largest absolute Gasteiger partial charge is 0.378 e. The van der Waals surface area contributed by atoms with E-state index in [1.54, 1.807) is 12.4 Å². The molecule has 8 nitrogen and oxygen atoms in total. The molecule has 1 unspecified atom stereocenters. The number of piperidine rings is 1. The fourth-order valence-electron chi connectivity index (χ4n) is 5.34. The first-order valence-electron chi connectivity index (χ1n) is 11.7. The Morgan fingerprint density at radius 1 is 0.969 bits per heavy atom. The van der Waals surface area contributed by atoms with Crippen LogP contribution in [-0.2, 0) is 4.74 Å². The van der Waals surface area contributed by atoms with Gasteiger partial charge >= 0.3 is 0 Å². The highest BCUT2D eigenvalue weighted by molar-refractivity contribution is 5.89. The molecule has 3 aliphatic heterocycles. The Bertz CT molecular complexity index is 1090. The van der Waals surface area contributed by atoms with Crippen molar-refractivity contribution in [3.63, 3.8) is 0 Å². The number of fused-ring (bicyclic) bond motifs is 1. The summed E-state index contributed by atoms with van der Waals surface area (Å²) >= 11 is 0. The van der Waals surface area contributed by atoms with Gasteiger partial charge in [0.1, 0.15) is 11.3 Å². The van der Waals surface area contributed by atoms with E-state index in [1.165, 1.54) is 19.3 Å². The van der Waals surface area contributed by atoms with Crippen LogP contribution >= 0.6 is 0 Å². The summed E-state index contributed by atoms with van der Waals surface area (Å²) in [6.07, 6.45) is 9.18. The number of rotatable bonds is 3. The molecule has 3 saturated heterocycles. The van der Waals surface area contributed by atoms with E-state index in [4.69, 9.17) is 14.7 Å². The number of nitrogens with one attached hydrogen (secondary N) is 1. The number of aromatic nitrogens is 4. The first-order valence-corrected chi connectivity index (χ1v) is 11.7. The van der Waals surface area contributed by atoms with Crippen LogP contribution in [0.5, 0.6) is 0 Å². The van der Waals surface area contributed by atoms with E-state index < -0.39 is 0 Å². The molecule has 166 valence electrons. The van der Waals surface area contributed by atoms with Gasteiger partial charge in [0.05, 0.1) is 24.4 Å². The quantitative estimate of drug-likeness (QED) is 0.678. The zero-order valence-corrected chi connectivity index (χ0v) is 18.3. The van der Waals surface area contributed by atoms with Crippen molar-refractivity contribution in [3.8, 4) is 11.3 Å². The summed E-state index contributed by atoms with van der Waals surface area (Å²) in [4.78, 5) is 23.8. The summed E-state index contributed by atoms with van der Waals surface area (Å²) < 4.78 is 5.46. The van der Waals surface area contributed by atoms with Crippen LogP contribution < -0.4 is 15.1 Å². The van der Waals surface area contributed by atoms with Gasteiger partial charge in [-0.15, -0.1) is 0 Å². The number of morpholine rings is 1. The number of pyridine rings is 2. The monoisotopic (exact) mass is 431 g/mol. The van der Waals surface area contributed by atoms with Gasteiger partial charge in [-0.2, -0.15) is 0 Å². The van der Waals surface area contributed by atoms with Crippen molar-refractivity contribution in [1.29, 1.82) is 0 Å². The molecule has 3 fully saturated rings. The minimum Gasteiger partial charge on any atom is -0.378 e. The van der Waals surface area contributed by atoms with Crippen LogP contribution in [0.15, 0.2) is 36.8 Å². The molecule has 0 aliphatic carbocycles. The molecule has 3 aromatic rings. The van der Waals surface area contributed by atoms with Crippen LogP contribution in [0.25, 0.3) is 22.3 Å². The lowest BCUT2D eigenvalue weighted by Crippen LogP contribution is -2.42. The fourth-order valence-corrected chi connectivity index (χ4v) is 5.34.